The summed E-state index contributed by atoms with van der Waals surface area (Å²) < 4.78 is 20.4. The van der Waals surface area contributed by atoms with Crippen LogP contribution in [0.3, 0.4) is 0 Å². The van der Waals surface area contributed by atoms with Gasteiger partial charge in [-0.2, -0.15) is 0 Å². The molecule has 1 aliphatic rings. The lowest BCUT2D eigenvalue weighted by molar-refractivity contribution is -0.212. The smallest absolute Gasteiger partial charge is 0.303 e. The Balaban J connectivity index is 2.89. The van der Waals surface area contributed by atoms with Crippen molar-refractivity contribution in [1.82, 2.24) is 0 Å². The number of hydrogen-bond acceptors (Lipinski definition) is 7. The lowest BCUT2D eigenvalue weighted by Crippen LogP contribution is -2.55. The van der Waals surface area contributed by atoms with Gasteiger partial charge in [-0.15, -0.1) is 0 Å². The molecule has 0 aromatic rings. The predicted molar refractivity (Wildman–Crippen MR) is 65.3 cm³/mol. The Hall–Kier alpha value is -1.15. The van der Waals surface area contributed by atoms with Crippen molar-refractivity contribution < 1.29 is 33.3 Å². The van der Waals surface area contributed by atoms with Crippen molar-refractivity contribution in [2.75, 3.05) is 6.61 Å². The third kappa shape index (κ3) is 4.79. The van der Waals surface area contributed by atoms with E-state index in [2.05, 4.69) is 15.9 Å². The van der Waals surface area contributed by atoms with Crippen LogP contribution in [0.1, 0.15) is 20.8 Å². The molecule has 0 spiro atoms. The number of rotatable bonds is 3. The predicted octanol–water partition coefficient (Wildman–Crippen LogP) is 0.533. The van der Waals surface area contributed by atoms with Gasteiger partial charge in [0, 0.05) is 20.8 Å². The highest BCUT2D eigenvalue weighted by molar-refractivity contribution is 9.09. The standard InChI is InChI=1S/C11H15BrO7/c1-5(13)17-8-4-16-11(12)10(19-7(3)15)9(8)18-6(2)14/h8-11H,4H2,1-3H3/t8?,9-,10?,11-/m0/s1. The number of halogens is 1. The van der Waals surface area contributed by atoms with E-state index in [1.165, 1.54) is 20.8 Å². The topological polar surface area (TPSA) is 88.1 Å². The first kappa shape index (κ1) is 15.9. The van der Waals surface area contributed by atoms with Crippen LogP contribution >= 0.6 is 15.9 Å². The zero-order chi connectivity index (χ0) is 14.6. The van der Waals surface area contributed by atoms with Crippen molar-refractivity contribution in [3.05, 3.63) is 0 Å². The first-order valence-electron chi connectivity index (χ1n) is 5.58. The molecule has 1 aliphatic heterocycles. The van der Waals surface area contributed by atoms with Gasteiger partial charge in [-0.1, -0.05) is 15.9 Å². The normalized spacial score (nSPS) is 30.3. The van der Waals surface area contributed by atoms with Crippen LogP contribution < -0.4 is 0 Å². The molecule has 0 aromatic heterocycles. The number of carbonyl (C=O) groups excluding carboxylic acids is 3. The molecule has 2 unspecified atom stereocenters. The molecule has 1 rings (SSSR count). The van der Waals surface area contributed by atoms with Gasteiger partial charge in [0.1, 0.15) is 0 Å². The first-order chi connectivity index (χ1) is 8.81. The lowest BCUT2D eigenvalue weighted by Gasteiger charge is -2.38. The fourth-order valence-electron chi connectivity index (χ4n) is 1.70. The van der Waals surface area contributed by atoms with E-state index < -0.39 is 41.2 Å². The number of esters is 3. The van der Waals surface area contributed by atoms with Gasteiger partial charge in [-0.3, -0.25) is 14.4 Å². The highest BCUT2D eigenvalue weighted by Gasteiger charge is 2.45. The molecular formula is C11H15BrO7. The molecule has 1 fully saturated rings. The fraction of sp³-hybridized carbons (Fsp3) is 0.727. The Kier molecular flexibility index (Phi) is 5.74. The average molecular weight is 339 g/mol. The molecule has 0 amide bonds. The average Bonchev–Trinajstić information content (AvgIpc) is 2.25. The van der Waals surface area contributed by atoms with Gasteiger partial charge >= 0.3 is 17.9 Å². The second-order valence-electron chi connectivity index (χ2n) is 3.98. The number of carbonyl (C=O) groups is 3. The molecule has 1 heterocycles. The van der Waals surface area contributed by atoms with Crippen LogP contribution in [0.25, 0.3) is 0 Å². The Bertz CT molecular complexity index is 370. The molecule has 0 aromatic carbocycles. The molecule has 1 saturated heterocycles. The minimum absolute atomic E-state index is 0.0329. The van der Waals surface area contributed by atoms with Crippen LogP contribution in [0.15, 0.2) is 0 Å². The molecule has 19 heavy (non-hydrogen) atoms. The maximum absolute atomic E-state index is 11.1. The molecule has 0 bridgehead atoms. The summed E-state index contributed by atoms with van der Waals surface area (Å²) in [5.41, 5.74) is 0. The summed E-state index contributed by atoms with van der Waals surface area (Å²) in [7, 11) is 0. The number of hydrogen-bond donors (Lipinski definition) is 0. The summed E-state index contributed by atoms with van der Waals surface area (Å²) in [5.74, 6) is -1.67. The highest BCUT2D eigenvalue weighted by atomic mass is 79.9. The van der Waals surface area contributed by atoms with E-state index in [0.29, 0.717) is 0 Å². The number of ether oxygens (including phenoxy) is 4. The molecule has 0 saturated carbocycles. The molecule has 7 nitrogen and oxygen atoms in total. The van der Waals surface area contributed by atoms with Crippen molar-refractivity contribution in [2.45, 2.75) is 44.1 Å². The highest BCUT2D eigenvalue weighted by Crippen LogP contribution is 2.27. The van der Waals surface area contributed by atoms with Crippen molar-refractivity contribution in [2.24, 2.45) is 0 Å². The molecule has 0 N–H and O–H groups in total. The van der Waals surface area contributed by atoms with Gasteiger partial charge in [0.25, 0.3) is 0 Å². The van der Waals surface area contributed by atoms with Crippen LogP contribution in [0.5, 0.6) is 0 Å². The SMILES string of the molecule is CC(=O)OC1CO[C@H](Br)C(OC(C)=O)[C@H]1OC(C)=O. The summed E-state index contributed by atoms with van der Waals surface area (Å²) in [6.07, 6.45) is -2.62. The van der Waals surface area contributed by atoms with Gasteiger partial charge < -0.3 is 18.9 Å². The van der Waals surface area contributed by atoms with Crippen LogP contribution in [0.2, 0.25) is 0 Å². The summed E-state index contributed by atoms with van der Waals surface area (Å²) in [5, 5.41) is -0.646. The molecule has 108 valence electrons. The third-order valence-corrected chi connectivity index (χ3v) is 3.08. The quantitative estimate of drug-likeness (QED) is 0.421. The maximum atomic E-state index is 11.1. The van der Waals surface area contributed by atoms with E-state index in [1.807, 2.05) is 0 Å². The minimum atomic E-state index is -0.913. The molecule has 8 heteroatoms. The zero-order valence-corrected chi connectivity index (χ0v) is 12.3. The van der Waals surface area contributed by atoms with Crippen LogP contribution in [-0.2, 0) is 33.3 Å². The van der Waals surface area contributed by atoms with Crippen LogP contribution in [0.4, 0.5) is 0 Å². The second kappa shape index (κ2) is 6.85. The van der Waals surface area contributed by atoms with Gasteiger partial charge in [-0.05, 0) is 0 Å². The van der Waals surface area contributed by atoms with Crippen molar-refractivity contribution in [3.8, 4) is 0 Å². The van der Waals surface area contributed by atoms with Gasteiger partial charge in [0.05, 0.1) is 6.61 Å². The van der Waals surface area contributed by atoms with E-state index >= 15 is 0 Å². The van der Waals surface area contributed by atoms with Crippen molar-refractivity contribution in [3.63, 3.8) is 0 Å². The summed E-state index contributed by atoms with van der Waals surface area (Å²) in [6, 6.07) is 0. The summed E-state index contributed by atoms with van der Waals surface area (Å²) >= 11 is 3.18. The van der Waals surface area contributed by atoms with E-state index in [0.717, 1.165) is 0 Å². The number of alkyl halides is 1. The van der Waals surface area contributed by atoms with E-state index in [-0.39, 0.29) is 6.61 Å². The van der Waals surface area contributed by atoms with Gasteiger partial charge in [0.15, 0.2) is 23.3 Å². The maximum Gasteiger partial charge on any atom is 0.303 e. The lowest BCUT2D eigenvalue weighted by atomic mass is 10.1. The Morgan fingerprint density at radius 3 is 1.89 bits per heavy atom. The first-order valence-corrected chi connectivity index (χ1v) is 6.50. The van der Waals surface area contributed by atoms with Crippen LogP contribution in [-0.4, -0.2) is 47.8 Å². The molecule has 0 aliphatic carbocycles. The Morgan fingerprint density at radius 1 is 0.947 bits per heavy atom. The zero-order valence-electron chi connectivity index (χ0n) is 10.8. The van der Waals surface area contributed by atoms with Gasteiger partial charge in [0.2, 0.25) is 0 Å². The van der Waals surface area contributed by atoms with Crippen molar-refractivity contribution >= 4 is 33.8 Å². The van der Waals surface area contributed by atoms with E-state index in [4.69, 9.17) is 18.9 Å². The fourth-order valence-corrected chi connectivity index (χ4v) is 2.26. The van der Waals surface area contributed by atoms with E-state index in [9.17, 15) is 14.4 Å². The van der Waals surface area contributed by atoms with Crippen molar-refractivity contribution in [1.29, 1.82) is 0 Å². The van der Waals surface area contributed by atoms with Crippen LogP contribution in [0, 0.1) is 0 Å². The molecular weight excluding hydrogens is 324 g/mol. The molecule has 0 radical (unpaired) electrons. The molecule has 4 atom stereocenters. The largest absolute Gasteiger partial charge is 0.456 e. The minimum Gasteiger partial charge on any atom is -0.456 e. The Morgan fingerprint density at radius 2 is 1.42 bits per heavy atom. The summed E-state index contributed by atoms with van der Waals surface area (Å²) in [4.78, 5) is 33.2. The monoisotopic (exact) mass is 338 g/mol. The third-order valence-electron chi connectivity index (χ3n) is 2.29. The second-order valence-corrected chi connectivity index (χ2v) is 4.88. The van der Waals surface area contributed by atoms with Gasteiger partial charge in [-0.25, -0.2) is 0 Å². The van der Waals surface area contributed by atoms with E-state index in [1.54, 1.807) is 0 Å². The Labute approximate surface area is 118 Å². The summed E-state index contributed by atoms with van der Waals surface area (Å²) in [6.45, 7) is 3.70.